The number of nitrogens with one attached hydrogen (secondary N) is 2. The quantitative estimate of drug-likeness (QED) is 0.249. The van der Waals surface area contributed by atoms with Crippen LogP contribution in [-0.4, -0.2) is 33.9 Å². The summed E-state index contributed by atoms with van der Waals surface area (Å²) in [5, 5.41) is 23.1. The molecule has 0 aliphatic carbocycles. The zero-order valence-electron chi connectivity index (χ0n) is 16.7. The molecule has 0 bridgehead atoms. The van der Waals surface area contributed by atoms with E-state index in [1.807, 2.05) is 30.5 Å². The van der Waals surface area contributed by atoms with E-state index in [4.69, 9.17) is 9.84 Å². The fourth-order valence-electron chi connectivity index (χ4n) is 4.15. The van der Waals surface area contributed by atoms with Crippen molar-refractivity contribution in [2.75, 3.05) is 6.54 Å². The first kappa shape index (κ1) is 20.0. The highest BCUT2D eigenvalue weighted by atomic mass is 16.7. The lowest BCUT2D eigenvalue weighted by atomic mass is 9.92. The largest absolute Gasteiger partial charge is 0.511 e. The van der Waals surface area contributed by atoms with Gasteiger partial charge in [0.15, 0.2) is 0 Å². The molecule has 1 atom stereocenters. The van der Waals surface area contributed by atoms with E-state index in [-0.39, 0.29) is 0 Å². The molecule has 6 heteroatoms. The lowest BCUT2D eigenvalue weighted by molar-refractivity contribution is 0.144. The number of unbranched alkanes of at least 4 members (excludes halogenated alkanes) is 1. The SMILES string of the molecule is O=C(O)Oc1ccc2[nH]cc(CCCCC3CC(c4cccc(O)c4)=CCN3)c2c1. The van der Waals surface area contributed by atoms with Gasteiger partial charge in [-0.15, -0.1) is 0 Å². The Bertz CT molecular complexity index is 1070. The Labute approximate surface area is 175 Å². The van der Waals surface area contributed by atoms with Crippen molar-refractivity contribution in [3.05, 3.63) is 65.9 Å². The number of hydrogen-bond acceptors (Lipinski definition) is 4. The number of rotatable bonds is 7. The van der Waals surface area contributed by atoms with Crippen molar-refractivity contribution in [3.8, 4) is 11.5 Å². The number of aryl methyl sites for hydroxylation is 1. The zero-order chi connectivity index (χ0) is 20.9. The van der Waals surface area contributed by atoms with E-state index in [0.717, 1.165) is 55.1 Å². The molecule has 30 heavy (non-hydrogen) atoms. The molecule has 1 aromatic heterocycles. The maximum absolute atomic E-state index is 10.8. The van der Waals surface area contributed by atoms with Crippen molar-refractivity contribution in [1.29, 1.82) is 0 Å². The second-order valence-corrected chi connectivity index (χ2v) is 7.72. The molecule has 156 valence electrons. The number of aromatic hydroxyl groups is 1. The van der Waals surface area contributed by atoms with E-state index in [9.17, 15) is 9.90 Å². The smallest absolute Gasteiger partial charge is 0.508 e. The van der Waals surface area contributed by atoms with Gasteiger partial charge in [0, 0.05) is 29.7 Å². The van der Waals surface area contributed by atoms with Gasteiger partial charge in [-0.25, -0.2) is 4.79 Å². The highest BCUT2D eigenvalue weighted by molar-refractivity contribution is 5.85. The third-order valence-corrected chi connectivity index (χ3v) is 5.63. The van der Waals surface area contributed by atoms with E-state index >= 15 is 0 Å². The molecule has 6 nitrogen and oxygen atoms in total. The number of benzene rings is 2. The topological polar surface area (TPSA) is 94.6 Å². The van der Waals surface area contributed by atoms with Gasteiger partial charge in [0.25, 0.3) is 0 Å². The average Bonchev–Trinajstić information content (AvgIpc) is 3.13. The van der Waals surface area contributed by atoms with E-state index < -0.39 is 6.16 Å². The van der Waals surface area contributed by atoms with Gasteiger partial charge in [-0.3, -0.25) is 0 Å². The normalized spacial score (nSPS) is 16.4. The number of aromatic amines is 1. The Morgan fingerprint density at radius 2 is 2.07 bits per heavy atom. The summed E-state index contributed by atoms with van der Waals surface area (Å²) >= 11 is 0. The van der Waals surface area contributed by atoms with Crippen LogP contribution in [0.25, 0.3) is 16.5 Å². The first-order valence-electron chi connectivity index (χ1n) is 10.3. The molecule has 0 fully saturated rings. The van der Waals surface area contributed by atoms with Gasteiger partial charge in [-0.2, -0.15) is 0 Å². The first-order chi connectivity index (χ1) is 14.6. The Morgan fingerprint density at radius 1 is 1.17 bits per heavy atom. The minimum absolute atomic E-state index is 0.305. The molecule has 1 aliphatic heterocycles. The lowest BCUT2D eigenvalue weighted by Gasteiger charge is -2.24. The Hall–Kier alpha value is -3.25. The van der Waals surface area contributed by atoms with Crippen LogP contribution in [0.15, 0.2) is 54.7 Å². The fraction of sp³-hybridized carbons (Fsp3) is 0.292. The Balaban J connectivity index is 1.30. The molecule has 3 aromatic rings. The van der Waals surface area contributed by atoms with E-state index in [1.54, 1.807) is 18.2 Å². The second-order valence-electron chi connectivity index (χ2n) is 7.72. The summed E-state index contributed by atoms with van der Waals surface area (Å²) in [6.07, 6.45) is 8.04. The average molecular weight is 406 g/mol. The van der Waals surface area contributed by atoms with E-state index in [2.05, 4.69) is 16.4 Å². The maximum Gasteiger partial charge on any atom is 0.511 e. The number of H-pyrrole nitrogens is 1. The number of phenolic OH excluding ortho intramolecular Hbond substituents is 1. The molecule has 4 N–H and O–H groups in total. The van der Waals surface area contributed by atoms with Crippen LogP contribution < -0.4 is 10.1 Å². The highest BCUT2D eigenvalue weighted by Crippen LogP contribution is 2.28. The summed E-state index contributed by atoms with van der Waals surface area (Å²) in [5.74, 6) is 0.646. The van der Waals surface area contributed by atoms with Gasteiger partial charge >= 0.3 is 6.16 Å². The van der Waals surface area contributed by atoms with Crippen LogP contribution in [0.4, 0.5) is 4.79 Å². The summed E-state index contributed by atoms with van der Waals surface area (Å²) < 4.78 is 4.78. The molecular formula is C24H26N2O4. The van der Waals surface area contributed by atoms with Crippen molar-refractivity contribution in [3.63, 3.8) is 0 Å². The number of fused-ring (bicyclic) bond motifs is 1. The van der Waals surface area contributed by atoms with Crippen LogP contribution in [0, 0.1) is 0 Å². The lowest BCUT2D eigenvalue weighted by Crippen LogP contribution is -2.32. The Morgan fingerprint density at radius 3 is 2.90 bits per heavy atom. The van der Waals surface area contributed by atoms with Gasteiger partial charge in [0.05, 0.1) is 0 Å². The van der Waals surface area contributed by atoms with Gasteiger partial charge < -0.3 is 25.3 Å². The van der Waals surface area contributed by atoms with Crippen molar-refractivity contribution in [1.82, 2.24) is 10.3 Å². The van der Waals surface area contributed by atoms with Crippen LogP contribution in [0.5, 0.6) is 11.5 Å². The van der Waals surface area contributed by atoms with Crippen molar-refractivity contribution in [2.24, 2.45) is 0 Å². The molecule has 0 spiro atoms. The predicted molar refractivity (Wildman–Crippen MR) is 117 cm³/mol. The number of hydrogen-bond donors (Lipinski definition) is 4. The van der Waals surface area contributed by atoms with E-state index in [0.29, 0.717) is 17.5 Å². The van der Waals surface area contributed by atoms with Gasteiger partial charge in [0.1, 0.15) is 11.5 Å². The van der Waals surface area contributed by atoms with Crippen LogP contribution in [-0.2, 0) is 6.42 Å². The van der Waals surface area contributed by atoms with Gasteiger partial charge in [-0.05, 0) is 72.7 Å². The van der Waals surface area contributed by atoms with Crippen molar-refractivity contribution >= 4 is 22.6 Å². The number of phenols is 1. The molecule has 0 saturated heterocycles. The summed E-state index contributed by atoms with van der Waals surface area (Å²) in [4.78, 5) is 14.0. The fourth-order valence-corrected chi connectivity index (χ4v) is 4.15. The first-order valence-corrected chi connectivity index (χ1v) is 10.3. The summed E-state index contributed by atoms with van der Waals surface area (Å²) in [6, 6.07) is 13.2. The van der Waals surface area contributed by atoms with Crippen LogP contribution in [0.3, 0.4) is 0 Å². The molecule has 0 amide bonds. The standard InChI is InChI=1S/C24H26N2O4/c27-20-7-3-5-16(13-20)17-10-11-25-19(12-17)6-2-1-4-18-15-26-23-9-8-21(14-22(18)23)30-24(28)29/h3,5,7-10,13-15,19,25-27H,1-2,4,6,11-12H2,(H,28,29). The number of ether oxygens (including phenoxy) is 1. The molecule has 2 aromatic carbocycles. The van der Waals surface area contributed by atoms with Crippen LogP contribution in [0.1, 0.15) is 36.8 Å². The third kappa shape index (κ3) is 4.83. The summed E-state index contributed by atoms with van der Waals surface area (Å²) in [7, 11) is 0. The summed E-state index contributed by atoms with van der Waals surface area (Å²) in [5.41, 5.74) is 4.55. The predicted octanol–water partition coefficient (Wildman–Crippen LogP) is 5.09. The molecule has 1 unspecified atom stereocenters. The van der Waals surface area contributed by atoms with E-state index in [1.165, 1.54) is 11.1 Å². The van der Waals surface area contributed by atoms with Crippen molar-refractivity contribution in [2.45, 2.75) is 38.1 Å². The number of aromatic nitrogens is 1. The molecule has 0 radical (unpaired) electrons. The molecular weight excluding hydrogens is 380 g/mol. The summed E-state index contributed by atoms with van der Waals surface area (Å²) in [6.45, 7) is 0.852. The maximum atomic E-state index is 10.8. The van der Waals surface area contributed by atoms with Crippen LogP contribution in [0.2, 0.25) is 0 Å². The monoisotopic (exact) mass is 406 g/mol. The zero-order valence-corrected chi connectivity index (χ0v) is 16.7. The number of carboxylic acid groups (broad SMARTS) is 1. The van der Waals surface area contributed by atoms with Gasteiger partial charge in [-0.1, -0.05) is 24.6 Å². The molecule has 4 rings (SSSR count). The second kappa shape index (κ2) is 9.05. The van der Waals surface area contributed by atoms with Crippen LogP contribution >= 0.6 is 0 Å². The minimum Gasteiger partial charge on any atom is -0.508 e. The molecule has 0 saturated carbocycles. The van der Waals surface area contributed by atoms with Gasteiger partial charge in [0.2, 0.25) is 0 Å². The van der Waals surface area contributed by atoms with Crippen molar-refractivity contribution < 1.29 is 19.7 Å². The minimum atomic E-state index is -1.30. The third-order valence-electron chi connectivity index (χ3n) is 5.63. The Kier molecular flexibility index (Phi) is 6.05. The molecule has 2 heterocycles. The highest BCUT2D eigenvalue weighted by Gasteiger charge is 2.16. The number of carbonyl (C=O) groups is 1. The molecule has 1 aliphatic rings.